The smallest absolute Gasteiger partial charge is 0.285 e. The molecule has 15 heavy (non-hydrogen) atoms. The Kier molecular flexibility index (Phi) is 4.17. The molecule has 0 heterocycles. The van der Waals surface area contributed by atoms with Crippen molar-refractivity contribution in [2.45, 2.75) is 19.0 Å². The van der Waals surface area contributed by atoms with E-state index >= 15 is 0 Å². The zero-order valence-corrected chi connectivity index (χ0v) is 8.58. The molecule has 84 valence electrons. The maximum atomic E-state index is 13.5. The van der Waals surface area contributed by atoms with Crippen molar-refractivity contribution in [2.75, 3.05) is 13.1 Å². The van der Waals surface area contributed by atoms with Gasteiger partial charge in [-0.1, -0.05) is 30.3 Å². The van der Waals surface area contributed by atoms with Gasteiger partial charge < -0.3 is 10.4 Å². The summed E-state index contributed by atoms with van der Waals surface area (Å²) < 4.78 is 26.9. The summed E-state index contributed by atoms with van der Waals surface area (Å²) in [6, 6.07) is 7.65. The topological polar surface area (TPSA) is 32.3 Å². The Bertz CT molecular complexity index is 288. The van der Waals surface area contributed by atoms with E-state index in [0.29, 0.717) is 0 Å². The van der Waals surface area contributed by atoms with Gasteiger partial charge in [0, 0.05) is 12.1 Å². The molecule has 0 saturated carbocycles. The van der Waals surface area contributed by atoms with Crippen LogP contribution in [0.1, 0.15) is 12.5 Å². The van der Waals surface area contributed by atoms with Crippen molar-refractivity contribution >= 4 is 0 Å². The van der Waals surface area contributed by atoms with E-state index < -0.39 is 18.6 Å². The normalized spacial score (nSPS) is 13.9. The van der Waals surface area contributed by atoms with Crippen molar-refractivity contribution in [3.63, 3.8) is 0 Å². The lowest BCUT2D eigenvalue weighted by atomic mass is 10.1. The van der Waals surface area contributed by atoms with Gasteiger partial charge in [-0.3, -0.25) is 0 Å². The van der Waals surface area contributed by atoms with E-state index in [1.165, 1.54) is 12.1 Å². The molecule has 0 amide bonds. The van der Waals surface area contributed by atoms with Gasteiger partial charge in [0.2, 0.25) is 0 Å². The molecule has 0 aliphatic rings. The summed E-state index contributed by atoms with van der Waals surface area (Å²) in [5.41, 5.74) is -0.0110. The number of aliphatic hydroxyl groups excluding tert-OH is 1. The second-order valence-electron chi connectivity index (χ2n) is 3.55. The van der Waals surface area contributed by atoms with Crippen LogP contribution in [0.5, 0.6) is 0 Å². The summed E-state index contributed by atoms with van der Waals surface area (Å²) in [5, 5.41) is 11.4. The summed E-state index contributed by atoms with van der Waals surface area (Å²) in [7, 11) is 0. The number of aliphatic hydroxyl groups is 1. The van der Waals surface area contributed by atoms with E-state index in [1.807, 2.05) is 0 Å². The zero-order valence-electron chi connectivity index (χ0n) is 8.58. The van der Waals surface area contributed by atoms with Crippen molar-refractivity contribution in [1.82, 2.24) is 5.32 Å². The highest BCUT2D eigenvalue weighted by Gasteiger charge is 2.30. The average molecular weight is 215 g/mol. The maximum absolute atomic E-state index is 13.5. The fourth-order valence-corrected chi connectivity index (χ4v) is 1.22. The number of rotatable bonds is 5. The van der Waals surface area contributed by atoms with Gasteiger partial charge in [-0.2, -0.15) is 8.78 Å². The number of benzene rings is 1. The van der Waals surface area contributed by atoms with Crippen molar-refractivity contribution < 1.29 is 13.9 Å². The molecule has 0 spiro atoms. The average Bonchev–Trinajstić information content (AvgIpc) is 2.18. The molecule has 0 saturated heterocycles. The summed E-state index contributed by atoms with van der Waals surface area (Å²) in [6.45, 7) is 1.26. The Morgan fingerprint density at radius 2 is 1.93 bits per heavy atom. The Balaban J connectivity index is 2.52. The molecule has 1 unspecified atom stereocenters. The standard InChI is InChI=1S/C11H15F2NO/c1-9(15)7-14-8-11(12,13)10-5-3-2-4-6-10/h2-6,9,14-15H,7-8H2,1H3. The second-order valence-corrected chi connectivity index (χ2v) is 3.55. The molecular formula is C11H15F2NO. The molecule has 0 bridgehead atoms. The molecule has 1 rings (SSSR count). The van der Waals surface area contributed by atoms with Crippen molar-refractivity contribution in [2.24, 2.45) is 0 Å². The minimum absolute atomic E-state index is 0.0110. The molecule has 0 aliphatic heterocycles. The number of halogens is 2. The quantitative estimate of drug-likeness (QED) is 0.784. The van der Waals surface area contributed by atoms with E-state index in [0.717, 1.165) is 0 Å². The largest absolute Gasteiger partial charge is 0.392 e. The first-order valence-electron chi connectivity index (χ1n) is 4.84. The Labute approximate surface area is 87.9 Å². The minimum atomic E-state index is -2.89. The molecule has 2 N–H and O–H groups in total. The van der Waals surface area contributed by atoms with Crippen LogP contribution in [0, 0.1) is 0 Å². The lowest BCUT2D eigenvalue weighted by Gasteiger charge is -2.17. The van der Waals surface area contributed by atoms with Gasteiger partial charge in [-0.15, -0.1) is 0 Å². The predicted octanol–water partition coefficient (Wildman–Crippen LogP) is 1.75. The SMILES string of the molecule is CC(O)CNCC(F)(F)c1ccccc1. The molecule has 1 aromatic rings. The van der Waals surface area contributed by atoms with Crippen LogP contribution in [0.2, 0.25) is 0 Å². The zero-order chi connectivity index (χ0) is 11.3. The molecule has 0 aromatic heterocycles. The molecule has 2 nitrogen and oxygen atoms in total. The van der Waals surface area contributed by atoms with E-state index in [-0.39, 0.29) is 12.1 Å². The fourth-order valence-electron chi connectivity index (χ4n) is 1.22. The molecule has 4 heteroatoms. The molecule has 1 aromatic carbocycles. The second kappa shape index (κ2) is 5.19. The number of nitrogens with one attached hydrogen (secondary N) is 1. The third kappa shape index (κ3) is 3.93. The van der Waals surface area contributed by atoms with Crippen LogP contribution in [0.15, 0.2) is 30.3 Å². The molecule has 0 fully saturated rings. The monoisotopic (exact) mass is 215 g/mol. The molecule has 1 atom stereocenters. The number of hydrogen-bond donors (Lipinski definition) is 2. The van der Waals surface area contributed by atoms with Crippen LogP contribution in [0.4, 0.5) is 8.78 Å². The first-order valence-corrected chi connectivity index (χ1v) is 4.84. The lowest BCUT2D eigenvalue weighted by Crippen LogP contribution is -2.34. The summed E-state index contributed by atoms with van der Waals surface area (Å²) in [4.78, 5) is 0. The van der Waals surface area contributed by atoms with E-state index in [4.69, 9.17) is 5.11 Å². The van der Waals surface area contributed by atoms with Crippen LogP contribution in [0.3, 0.4) is 0 Å². The third-order valence-electron chi connectivity index (χ3n) is 1.98. The van der Waals surface area contributed by atoms with Crippen LogP contribution < -0.4 is 5.32 Å². The highest BCUT2D eigenvalue weighted by molar-refractivity contribution is 5.20. The van der Waals surface area contributed by atoms with E-state index in [9.17, 15) is 8.78 Å². The van der Waals surface area contributed by atoms with Gasteiger partial charge in [0.25, 0.3) is 5.92 Å². The highest BCUT2D eigenvalue weighted by atomic mass is 19.3. The van der Waals surface area contributed by atoms with E-state index in [2.05, 4.69) is 5.32 Å². The Morgan fingerprint density at radius 1 is 1.33 bits per heavy atom. The van der Waals surface area contributed by atoms with Crippen LogP contribution in [-0.2, 0) is 5.92 Å². The predicted molar refractivity (Wildman–Crippen MR) is 54.9 cm³/mol. The van der Waals surface area contributed by atoms with Crippen molar-refractivity contribution in [1.29, 1.82) is 0 Å². The first kappa shape index (κ1) is 12.1. The lowest BCUT2D eigenvalue weighted by molar-refractivity contribution is -0.00512. The van der Waals surface area contributed by atoms with Gasteiger partial charge in [0.1, 0.15) is 0 Å². The van der Waals surface area contributed by atoms with Gasteiger partial charge >= 0.3 is 0 Å². The van der Waals surface area contributed by atoms with Crippen molar-refractivity contribution in [3.05, 3.63) is 35.9 Å². The van der Waals surface area contributed by atoms with Gasteiger partial charge in [0.15, 0.2) is 0 Å². The van der Waals surface area contributed by atoms with Gasteiger partial charge in [-0.05, 0) is 6.92 Å². The fraction of sp³-hybridized carbons (Fsp3) is 0.455. The Morgan fingerprint density at radius 3 is 2.47 bits per heavy atom. The van der Waals surface area contributed by atoms with Gasteiger partial charge in [-0.25, -0.2) is 0 Å². The summed E-state index contributed by atoms with van der Waals surface area (Å²) >= 11 is 0. The third-order valence-corrected chi connectivity index (χ3v) is 1.98. The maximum Gasteiger partial charge on any atom is 0.285 e. The molecule has 0 radical (unpaired) electrons. The molecular weight excluding hydrogens is 200 g/mol. The van der Waals surface area contributed by atoms with Crippen LogP contribution in [-0.4, -0.2) is 24.3 Å². The summed E-state index contributed by atoms with van der Waals surface area (Å²) in [6.07, 6.45) is -0.614. The Hall–Kier alpha value is -1.00. The van der Waals surface area contributed by atoms with Crippen LogP contribution in [0.25, 0.3) is 0 Å². The number of alkyl halides is 2. The minimum Gasteiger partial charge on any atom is -0.392 e. The first-order chi connectivity index (χ1) is 7.02. The summed E-state index contributed by atoms with van der Waals surface area (Å²) in [5.74, 6) is -2.89. The highest BCUT2D eigenvalue weighted by Crippen LogP contribution is 2.26. The number of hydrogen-bond acceptors (Lipinski definition) is 2. The molecule has 0 aliphatic carbocycles. The van der Waals surface area contributed by atoms with E-state index in [1.54, 1.807) is 25.1 Å². The van der Waals surface area contributed by atoms with Crippen molar-refractivity contribution in [3.8, 4) is 0 Å². The van der Waals surface area contributed by atoms with Gasteiger partial charge in [0.05, 0.1) is 12.6 Å². The van der Waals surface area contributed by atoms with Crippen LogP contribution >= 0.6 is 0 Å².